The van der Waals surface area contributed by atoms with Crippen molar-refractivity contribution in [2.24, 2.45) is 0 Å². The molecule has 4 rings (SSSR count). The highest BCUT2D eigenvalue weighted by Gasteiger charge is 2.52. The van der Waals surface area contributed by atoms with E-state index < -0.39 is 13.1 Å². The Morgan fingerprint density at radius 2 is 1.00 bits per heavy atom. The first-order valence-corrected chi connectivity index (χ1v) is 13.0. The van der Waals surface area contributed by atoms with Crippen molar-refractivity contribution in [3.8, 4) is 0 Å². The van der Waals surface area contributed by atoms with Crippen molar-refractivity contribution >= 4 is 36.9 Å². The molecule has 0 spiro atoms. The van der Waals surface area contributed by atoms with E-state index in [1.54, 1.807) is 13.0 Å². The van der Waals surface area contributed by atoms with Gasteiger partial charge in [0.15, 0.2) is 0 Å². The van der Waals surface area contributed by atoms with Crippen LogP contribution in [0, 0.1) is 0 Å². The van der Waals surface area contributed by atoms with Gasteiger partial charge in [-0.05, 0) is 84.4 Å². The third-order valence-electron chi connectivity index (χ3n) is 7.76. The number of carboxylic acids is 1. The molecule has 1 N–H and O–H groups in total. The van der Waals surface area contributed by atoms with Crippen molar-refractivity contribution in [1.29, 1.82) is 0 Å². The molecule has 2 aliphatic rings. The molecule has 2 heterocycles. The Labute approximate surface area is 227 Å². The molecule has 0 amide bonds. The molecule has 2 saturated heterocycles. The number of hydrogen-bond acceptors (Lipinski definition) is 6. The number of hydrogen-bond donors (Lipinski definition) is 1. The van der Waals surface area contributed by atoms with Crippen LogP contribution in [0.25, 0.3) is 0 Å². The lowest BCUT2D eigenvalue weighted by atomic mass is 9.78. The molecule has 0 aromatic heterocycles. The zero-order valence-corrected chi connectivity index (χ0v) is 24.1. The lowest BCUT2D eigenvalue weighted by Gasteiger charge is -2.32. The van der Waals surface area contributed by atoms with Crippen LogP contribution in [0.2, 0.25) is 0 Å². The topological polar surface area (TPSA) is 91.3 Å². The molecule has 9 heteroatoms. The molecule has 2 fully saturated rings. The van der Waals surface area contributed by atoms with Crippen LogP contribution in [0.4, 0.5) is 0 Å². The first kappa shape index (κ1) is 30.1. The summed E-state index contributed by atoms with van der Waals surface area (Å²) in [6.45, 7) is 17.7. The van der Waals surface area contributed by atoms with Crippen LogP contribution >= 0.6 is 0 Å². The van der Waals surface area contributed by atoms with Crippen LogP contribution in [-0.2, 0) is 41.0 Å². The third kappa shape index (κ3) is 6.94. The maximum absolute atomic E-state index is 11.2. The van der Waals surface area contributed by atoms with Crippen molar-refractivity contribution < 1.29 is 33.3 Å². The van der Waals surface area contributed by atoms with E-state index in [2.05, 4.69) is 0 Å². The van der Waals surface area contributed by atoms with Gasteiger partial charge in [0, 0.05) is 6.42 Å². The predicted molar refractivity (Wildman–Crippen MR) is 150 cm³/mol. The highest BCUT2D eigenvalue weighted by molar-refractivity contribution is 6.62. The van der Waals surface area contributed by atoms with Crippen LogP contribution in [0.5, 0.6) is 0 Å². The number of aliphatic carboxylic acids is 1. The van der Waals surface area contributed by atoms with E-state index in [1.807, 2.05) is 97.9 Å². The van der Waals surface area contributed by atoms with Gasteiger partial charge < -0.3 is 23.7 Å². The SMILES string of the molecule is CC(=O)Cc1cccc(B2OC(C)(C)C(C)(C)O2)c1.CC1(C)OB(c2cccc(CC(=O)O)c2)OC1(C)C. The lowest BCUT2D eigenvalue weighted by Crippen LogP contribution is -2.41. The minimum absolute atomic E-state index is 0.00729. The molecule has 2 aromatic carbocycles. The summed E-state index contributed by atoms with van der Waals surface area (Å²) >= 11 is 0. The summed E-state index contributed by atoms with van der Waals surface area (Å²) in [4.78, 5) is 21.9. The molecule has 204 valence electrons. The number of rotatable bonds is 6. The Morgan fingerprint density at radius 3 is 1.32 bits per heavy atom. The number of benzene rings is 2. The standard InChI is InChI=1S/C15H21BO3.C14H19BO4/c1-11(17)9-12-7-6-8-13(10-12)16-18-14(2,3)15(4,5)19-16;1-13(2)14(3,4)19-15(18-13)11-7-5-6-10(8-11)9-12(16)17/h6-8,10H,9H2,1-5H3;5-8H,9H2,1-4H3,(H,16,17). The molecular formula is C29H40B2O7. The van der Waals surface area contributed by atoms with Gasteiger partial charge in [0.1, 0.15) is 5.78 Å². The molecule has 38 heavy (non-hydrogen) atoms. The summed E-state index contributed by atoms with van der Waals surface area (Å²) in [6.07, 6.45) is 0.459. The van der Waals surface area contributed by atoms with Crippen LogP contribution in [0.15, 0.2) is 48.5 Å². The molecule has 2 aromatic rings. The molecule has 7 nitrogen and oxygen atoms in total. The Kier molecular flexibility index (Phi) is 8.69. The molecule has 0 bridgehead atoms. The lowest BCUT2D eigenvalue weighted by molar-refractivity contribution is -0.136. The zero-order valence-electron chi connectivity index (χ0n) is 24.1. The highest BCUT2D eigenvalue weighted by atomic mass is 16.7. The third-order valence-corrected chi connectivity index (χ3v) is 7.76. The zero-order chi connectivity index (χ0) is 28.5. The fourth-order valence-corrected chi connectivity index (χ4v) is 4.12. The quantitative estimate of drug-likeness (QED) is 0.579. The van der Waals surface area contributed by atoms with Gasteiger partial charge in [-0.2, -0.15) is 0 Å². The minimum atomic E-state index is -0.842. The Balaban J connectivity index is 0.000000211. The fourth-order valence-electron chi connectivity index (χ4n) is 4.12. The first-order valence-electron chi connectivity index (χ1n) is 13.0. The van der Waals surface area contributed by atoms with Gasteiger partial charge in [-0.3, -0.25) is 9.59 Å². The average Bonchev–Trinajstić information content (AvgIpc) is 3.13. The van der Waals surface area contributed by atoms with Gasteiger partial charge in [0.2, 0.25) is 0 Å². The normalized spacial score (nSPS) is 20.6. The number of carbonyl (C=O) groups is 2. The van der Waals surface area contributed by atoms with Gasteiger partial charge in [0.25, 0.3) is 0 Å². The van der Waals surface area contributed by atoms with E-state index in [1.165, 1.54) is 0 Å². The molecule has 0 unspecified atom stereocenters. The second kappa shape index (κ2) is 11.0. The largest absolute Gasteiger partial charge is 0.494 e. The van der Waals surface area contributed by atoms with Gasteiger partial charge in [-0.25, -0.2) is 0 Å². The monoisotopic (exact) mass is 522 g/mol. The Morgan fingerprint density at radius 1 is 0.658 bits per heavy atom. The fraction of sp³-hybridized carbons (Fsp3) is 0.517. The predicted octanol–water partition coefficient (Wildman–Crippen LogP) is 3.73. The van der Waals surface area contributed by atoms with Gasteiger partial charge in [-0.1, -0.05) is 48.5 Å². The van der Waals surface area contributed by atoms with Crippen molar-refractivity contribution in [1.82, 2.24) is 0 Å². The van der Waals surface area contributed by atoms with E-state index in [9.17, 15) is 9.59 Å². The van der Waals surface area contributed by atoms with E-state index in [0.29, 0.717) is 6.42 Å². The molecule has 0 atom stereocenters. The summed E-state index contributed by atoms with van der Waals surface area (Å²) in [5, 5.41) is 8.83. The molecule has 0 radical (unpaired) electrons. The van der Waals surface area contributed by atoms with Gasteiger partial charge >= 0.3 is 20.2 Å². The van der Waals surface area contributed by atoms with E-state index >= 15 is 0 Å². The summed E-state index contributed by atoms with van der Waals surface area (Å²) in [6, 6.07) is 15.2. The summed E-state index contributed by atoms with van der Waals surface area (Å²) in [5.41, 5.74) is 2.12. The second-order valence-corrected chi connectivity index (χ2v) is 12.1. The van der Waals surface area contributed by atoms with Crippen LogP contribution < -0.4 is 10.9 Å². The number of carbonyl (C=O) groups excluding carboxylic acids is 1. The average molecular weight is 522 g/mol. The summed E-state index contributed by atoms with van der Waals surface area (Å²) in [7, 11) is -0.810. The molecular weight excluding hydrogens is 482 g/mol. The smallest absolute Gasteiger partial charge is 0.481 e. The molecule has 2 aliphatic heterocycles. The van der Waals surface area contributed by atoms with Crippen molar-refractivity contribution in [2.45, 2.75) is 97.6 Å². The first-order chi connectivity index (χ1) is 17.4. The maximum Gasteiger partial charge on any atom is 0.494 e. The van der Waals surface area contributed by atoms with Crippen molar-refractivity contribution in [2.75, 3.05) is 0 Å². The van der Waals surface area contributed by atoms with E-state index in [0.717, 1.165) is 22.1 Å². The summed E-state index contributed by atoms with van der Waals surface area (Å²) < 4.78 is 23.9. The number of Topliss-reactive ketones (excluding diaryl/α,β-unsaturated/α-hetero) is 1. The molecule has 0 saturated carbocycles. The minimum Gasteiger partial charge on any atom is -0.481 e. The van der Waals surface area contributed by atoms with Crippen LogP contribution in [0.3, 0.4) is 0 Å². The van der Waals surface area contributed by atoms with E-state index in [4.69, 9.17) is 23.7 Å². The van der Waals surface area contributed by atoms with E-state index in [-0.39, 0.29) is 41.7 Å². The molecule has 0 aliphatic carbocycles. The maximum atomic E-state index is 11.2. The van der Waals surface area contributed by atoms with Gasteiger partial charge in [0.05, 0.1) is 28.8 Å². The van der Waals surface area contributed by atoms with Crippen molar-refractivity contribution in [3.63, 3.8) is 0 Å². The van der Waals surface area contributed by atoms with Crippen LogP contribution in [0.1, 0.15) is 73.4 Å². The second-order valence-electron chi connectivity index (χ2n) is 12.1. The van der Waals surface area contributed by atoms with Crippen LogP contribution in [-0.4, -0.2) is 53.5 Å². The van der Waals surface area contributed by atoms with Crippen molar-refractivity contribution in [3.05, 3.63) is 59.7 Å². The number of ketones is 1. The van der Waals surface area contributed by atoms with Gasteiger partial charge in [-0.15, -0.1) is 0 Å². The Bertz CT molecular complexity index is 1050. The highest BCUT2D eigenvalue weighted by Crippen LogP contribution is 2.37. The summed E-state index contributed by atoms with van der Waals surface area (Å²) in [5.74, 6) is -0.683. The Hall–Kier alpha value is -2.45. The number of carboxylic acid groups (broad SMARTS) is 1.